The predicted octanol–water partition coefficient (Wildman–Crippen LogP) is -2.45. The van der Waals surface area contributed by atoms with Crippen LogP contribution in [0.25, 0.3) is 0 Å². The molecule has 0 saturated heterocycles. The van der Waals surface area contributed by atoms with Crippen molar-refractivity contribution < 1.29 is 51.1 Å². The van der Waals surface area contributed by atoms with Crippen LogP contribution in [0.3, 0.4) is 0 Å². The molecule has 0 spiro atoms. The van der Waals surface area contributed by atoms with Gasteiger partial charge in [-0.25, -0.2) is 0 Å². The molecule has 5 unspecified atom stereocenters. The number of aliphatic hydroxyl groups excluding tert-OH is 6. The molecule has 0 saturated carbocycles. The normalized spacial score (nSPS) is 18.0. The van der Waals surface area contributed by atoms with Crippen LogP contribution in [0.2, 0.25) is 0 Å². The van der Waals surface area contributed by atoms with Crippen molar-refractivity contribution in [3.05, 3.63) is 23.8 Å². The van der Waals surface area contributed by atoms with Gasteiger partial charge >= 0.3 is 0 Å². The van der Waals surface area contributed by atoms with Crippen LogP contribution in [0.1, 0.15) is 24.2 Å². The van der Waals surface area contributed by atoms with Crippen molar-refractivity contribution >= 4 is 0 Å². The summed E-state index contributed by atoms with van der Waals surface area (Å²) >= 11 is 0. The van der Waals surface area contributed by atoms with E-state index in [1.54, 1.807) is 6.92 Å². The minimum atomic E-state index is -1.26. The maximum absolute atomic E-state index is 9.78. The molecule has 0 aromatic carbocycles. The van der Waals surface area contributed by atoms with Gasteiger partial charge in [0, 0.05) is 45.2 Å². The fourth-order valence-corrected chi connectivity index (χ4v) is 1.79. The van der Waals surface area contributed by atoms with Crippen LogP contribution in [-0.4, -0.2) is 78.2 Å². The van der Waals surface area contributed by atoms with Crippen molar-refractivity contribution in [2.24, 2.45) is 0 Å². The summed E-state index contributed by atoms with van der Waals surface area (Å²) in [5.41, 5.74) is 0.846. The summed E-state index contributed by atoms with van der Waals surface area (Å²) in [5.74, 6) is -0.526. The molecule has 0 amide bonds. The number of nitrogens with zero attached hydrogens (tertiary/aromatic N) is 2. The van der Waals surface area contributed by atoms with Crippen molar-refractivity contribution in [1.82, 2.24) is 9.97 Å². The van der Waals surface area contributed by atoms with Crippen LogP contribution in [0.4, 0.5) is 0 Å². The standard InChI is InChI=1S/C13H22N2O6.Re/c1-7(13(21)12(20)6-17)9-4-14-8(3-15-9)2-10(18)11(19)5-16;/h3-4,7,10-13,16-21H,2,5-6H2,1H3;. The van der Waals surface area contributed by atoms with Crippen molar-refractivity contribution in [2.45, 2.75) is 43.7 Å². The topological polar surface area (TPSA) is 147 Å². The van der Waals surface area contributed by atoms with E-state index in [0.29, 0.717) is 11.4 Å². The van der Waals surface area contributed by atoms with Crippen LogP contribution in [-0.2, 0) is 26.8 Å². The third kappa shape index (κ3) is 5.95. The molecule has 0 aliphatic carbocycles. The summed E-state index contributed by atoms with van der Waals surface area (Å²) in [4.78, 5) is 8.14. The van der Waals surface area contributed by atoms with E-state index in [0.717, 1.165) is 0 Å². The fraction of sp³-hybridized carbons (Fsp3) is 0.692. The molecule has 9 heteroatoms. The number of hydrogen-bond donors (Lipinski definition) is 6. The third-order valence-corrected chi connectivity index (χ3v) is 3.33. The molecule has 1 heterocycles. The first-order valence-electron chi connectivity index (χ1n) is 6.65. The predicted molar refractivity (Wildman–Crippen MR) is 72.3 cm³/mol. The molecule has 0 aliphatic rings. The van der Waals surface area contributed by atoms with Crippen molar-refractivity contribution in [2.75, 3.05) is 13.2 Å². The molecule has 0 aliphatic heterocycles. The molecule has 1 radical (unpaired) electrons. The van der Waals surface area contributed by atoms with E-state index >= 15 is 0 Å². The summed E-state index contributed by atoms with van der Waals surface area (Å²) in [7, 11) is 0. The number of aromatic nitrogens is 2. The average Bonchev–Trinajstić information content (AvgIpc) is 2.52. The summed E-state index contributed by atoms with van der Waals surface area (Å²) in [6, 6.07) is 0. The van der Waals surface area contributed by atoms with Crippen molar-refractivity contribution in [3.63, 3.8) is 0 Å². The fourth-order valence-electron chi connectivity index (χ4n) is 1.79. The van der Waals surface area contributed by atoms with Gasteiger partial charge in [0.1, 0.15) is 12.2 Å². The Labute approximate surface area is 142 Å². The Morgan fingerprint density at radius 2 is 1.50 bits per heavy atom. The molecule has 8 nitrogen and oxygen atoms in total. The maximum atomic E-state index is 9.78. The van der Waals surface area contributed by atoms with E-state index in [1.165, 1.54) is 12.4 Å². The summed E-state index contributed by atoms with van der Waals surface area (Å²) in [6.45, 7) is 0.537. The minimum Gasteiger partial charge on any atom is -0.394 e. The van der Waals surface area contributed by atoms with Gasteiger partial charge in [-0.15, -0.1) is 0 Å². The van der Waals surface area contributed by atoms with E-state index in [9.17, 15) is 20.4 Å². The SMILES string of the molecule is CC(c1cnc(CC(O)C(O)CO)cn1)C(O)C(O)CO.[Re]. The Morgan fingerprint density at radius 3 is 1.95 bits per heavy atom. The van der Waals surface area contributed by atoms with Gasteiger partial charge in [0.2, 0.25) is 0 Å². The van der Waals surface area contributed by atoms with Gasteiger partial charge in [0.15, 0.2) is 0 Å². The molecule has 1 rings (SSSR count). The zero-order chi connectivity index (χ0) is 16.0. The first kappa shape index (κ1) is 21.5. The largest absolute Gasteiger partial charge is 0.394 e. The molecule has 1 aromatic heterocycles. The van der Waals surface area contributed by atoms with Gasteiger partial charge in [-0.05, 0) is 0 Å². The number of hydrogen-bond acceptors (Lipinski definition) is 8. The monoisotopic (exact) mass is 489 g/mol. The van der Waals surface area contributed by atoms with Gasteiger partial charge in [-0.2, -0.15) is 0 Å². The third-order valence-electron chi connectivity index (χ3n) is 3.33. The van der Waals surface area contributed by atoms with Crippen LogP contribution in [0, 0.1) is 0 Å². The summed E-state index contributed by atoms with van der Waals surface area (Å²) in [5, 5.41) is 55.5. The van der Waals surface area contributed by atoms with Gasteiger partial charge in [-0.1, -0.05) is 6.92 Å². The first-order chi connectivity index (χ1) is 9.90. The summed E-state index contributed by atoms with van der Waals surface area (Å²) < 4.78 is 0. The summed E-state index contributed by atoms with van der Waals surface area (Å²) in [6.07, 6.45) is -2.01. The zero-order valence-corrected chi connectivity index (χ0v) is 14.8. The van der Waals surface area contributed by atoms with E-state index in [2.05, 4.69) is 9.97 Å². The Hall–Kier alpha value is -0.498. The molecule has 0 bridgehead atoms. The molecule has 22 heavy (non-hydrogen) atoms. The molecular formula is C13H22N2O6Re. The Morgan fingerprint density at radius 1 is 0.909 bits per heavy atom. The second-order valence-corrected chi connectivity index (χ2v) is 4.98. The smallest absolute Gasteiger partial charge is 0.104 e. The quantitative estimate of drug-likeness (QED) is 0.236. The van der Waals surface area contributed by atoms with Gasteiger partial charge in [0.25, 0.3) is 0 Å². The van der Waals surface area contributed by atoms with E-state index in [4.69, 9.17) is 10.2 Å². The van der Waals surface area contributed by atoms with E-state index in [1.807, 2.05) is 0 Å². The van der Waals surface area contributed by atoms with Crippen LogP contribution in [0.5, 0.6) is 0 Å². The Kier molecular flexibility index (Phi) is 10.1. The average molecular weight is 489 g/mol. The zero-order valence-electron chi connectivity index (χ0n) is 12.1. The van der Waals surface area contributed by atoms with Gasteiger partial charge < -0.3 is 30.6 Å². The molecule has 0 fully saturated rings. The van der Waals surface area contributed by atoms with Crippen LogP contribution < -0.4 is 0 Å². The second-order valence-electron chi connectivity index (χ2n) is 4.98. The molecule has 127 valence electrons. The number of rotatable bonds is 8. The molecular weight excluding hydrogens is 466 g/mol. The van der Waals surface area contributed by atoms with Crippen LogP contribution >= 0.6 is 0 Å². The van der Waals surface area contributed by atoms with Crippen molar-refractivity contribution in [3.8, 4) is 0 Å². The van der Waals surface area contributed by atoms with Crippen molar-refractivity contribution in [1.29, 1.82) is 0 Å². The number of aliphatic hydroxyl groups is 6. The van der Waals surface area contributed by atoms with Crippen LogP contribution in [0.15, 0.2) is 12.4 Å². The first-order valence-corrected chi connectivity index (χ1v) is 6.65. The second kappa shape index (κ2) is 10.3. The molecule has 5 atom stereocenters. The maximum Gasteiger partial charge on any atom is 0.104 e. The molecule has 1 aromatic rings. The van der Waals surface area contributed by atoms with E-state index < -0.39 is 43.5 Å². The Bertz CT molecular complexity index is 421. The molecule has 6 N–H and O–H groups in total. The van der Waals surface area contributed by atoms with Gasteiger partial charge in [-0.3, -0.25) is 9.97 Å². The van der Waals surface area contributed by atoms with E-state index in [-0.39, 0.29) is 26.8 Å². The minimum absolute atomic E-state index is 0. The van der Waals surface area contributed by atoms with Gasteiger partial charge in [0.05, 0.1) is 36.8 Å². The Balaban J connectivity index is 0.00000441.